The maximum Gasteiger partial charge on any atom is 0.143 e. The minimum atomic E-state index is -1.04. The van der Waals surface area contributed by atoms with E-state index in [1.165, 1.54) is 5.56 Å². The van der Waals surface area contributed by atoms with Gasteiger partial charge in [-0.05, 0) is 68.4 Å². The van der Waals surface area contributed by atoms with Crippen molar-refractivity contribution in [3.63, 3.8) is 0 Å². The zero-order valence-corrected chi connectivity index (χ0v) is 34.0. The molecule has 14 heteroatoms. The zero-order chi connectivity index (χ0) is 39.2. The second-order valence-electron chi connectivity index (χ2n) is 16.8. The number of benzene rings is 2. The van der Waals surface area contributed by atoms with Gasteiger partial charge < -0.3 is 19.3 Å². The van der Waals surface area contributed by atoms with Crippen LogP contribution in [0.1, 0.15) is 74.0 Å². The smallest absolute Gasteiger partial charge is 0.143 e. The summed E-state index contributed by atoms with van der Waals surface area (Å²) in [7, 11) is 1.93. The zero-order valence-electron chi connectivity index (χ0n) is 32.3. The van der Waals surface area contributed by atoms with Crippen molar-refractivity contribution in [2.24, 2.45) is 7.05 Å². The predicted molar refractivity (Wildman–Crippen MR) is 219 cm³/mol. The Labute approximate surface area is 339 Å². The summed E-state index contributed by atoms with van der Waals surface area (Å²) >= 11 is 3.38. The number of halogens is 1. The quantitative estimate of drug-likeness (QED) is 0.176. The van der Waals surface area contributed by atoms with E-state index in [0.29, 0.717) is 24.9 Å². The first-order chi connectivity index (χ1) is 27.5. The molecule has 4 unspecified atom stereocenters. The van der Waals surface area contributed by atoms with Crippen LogP contribution in [-0.2, 0) is 43.8 Å². The van der Waals surface area contributed by atoms with Gasteiger partial charge in [0, 0.05) is 89.3 Å². The normalized spacial score (nSPS) is 24.5. The Morgan fingerprint density at radius 2 is 1.28 bits per heavy atom. The van der Waals surface area contributed by atoms with Crippen LogP contribution in [0, 0.1) is 5.82 Å². The van der Waals surface area contributed by atoms with E-state index in [1.807, 2.05) is 55.3 Å². The molecular weight excluding hydrogens is 758 g/mol. The van der Waals surface area contributed by atoms with Crippen molar-refractivity contribution in [2.75, 3.05) is 11.5 Å². The molecule has 4 atom stereocenters. The van der Waals surface area contributed by atoms with E-state index < -0.39 is 27.1 Å². The molecule has 0 radical (unpaired) electrons. The van der Waals surface area contributed by atoms with Gasteiger partial charge in [-0.3, -0.25) is 9.67 Å². The number of pyridine rings is 1. The monoisotopic (exact) mass is 803 g/mol. The lowest BCUT2D eigenvalue weighted by Crippen LogP contribution is -2.55. The lowest BCUT2D eigenvalue weighted by molar-refractivity contribution is -0.0207. The fourth-order valence-corrected chi connectivity index (χ4v) is 11.8. The molecule has 11 nitrogen and oxygen atoms in total. The van der Waals surface area contributed by atoms with E-state index in [-0.39, 0.29) is 11.2 Å². The van der Waals surface area contributed by atoms with Crippen LogP contribution >= 0.6 is 23.5 Å². The van der Waals surface area contributed by atoms with Gasteiger partial charge in [0.25, 0.3) is 0 Å². The highest BCUT2D eigenvalue weighted by Crippen LogP contribution is 2.55. The van der Waals surface area contributed by atoms with Gasteiger partial charge in [-0.2, -0.15) is 28.6 Å². The number of fused-ring (bicyclic) bond motifs is 2. The van der Waals surface area contributed by atoms with E-state index in [1.54, 1.807) is 42.0 Å². The van der Waals surface area contributed by atoms with E-state index in [0.717, 1.165) is 89.3 Å². The molecular formula is C43H46FN9O2S2. The summed E-state index contributed by atoms with van der Waals surface area (Å²) < 4.78 is 20.4. The first-order valence-corrected chi connectivity index (χ1v) is 21.8. The van der Waals surface area contributed by atoms with Crippen LogP contribution in [-0.4, -0.2) is 87.7 Å². The fourth-order valence-electron chi connectivity index (χ4n) is 9.28. The molecule has 2 aliphatic heterocycles. The third-order valence-electron chi connectivity index (χ3n) is 13.0. The second-order valence-corrected chi connectivity index (χ2v) is 20.1. The lowest BCUT2D eigenvalue weighted by Gasteiger charge is -2.42. The summed E-state index contributed by atoms with van der Waals surface area (Å²) in [6, 6.07) is 17.9. The average Bonchev–Trinajstić information content (AvgIpc) is 4.11. The summed E-state index contributed by atoms with van der Waals surface area (Å²) in [5, 5.41) is 47.7. The average molecular weight is 804 g/mol. The Morgan fingerprint density at radius 3 is 1.79 bits per heavy atom. The van der Waals surface area contributed by atoms with Crippen molar-refractivity contribution in [1.82, 2.24) is 44.3 Å². The van der Waals surface area contributed by atoms with Gasteiger partial charge in [-0.25, -0.2) is 4.39 Å². The van der Waals surface area contributed by atoms with Gasteiger partial charge in [0.2, 0.25) is 0 Å². The van der Waals surface area contributed by atoms with Crippen molar-refractivity contribution < 1.29 is 14.6 Å². The number of aromatic nitrogens is 9. The van der Waals surface area contributed by atoms with Crippen molar-refractivity contribution >= 4 is 23.5 Å². The molecule has 10 rings (SSSR count). The molecule has 0 amide bonds. The van der Waals surface area contributed by atoms with Crippen LogP contribution < -0.4 is 0 Å². The Hall–Kier alpha value is -4.37. The van der Waals surface area contributed by atoms with Gasteiger partial charge in [0.1, 0.15) is 29.1 Å². The van der Waals surface area contributed by atoms with Gasteiger partial charge in [0.15, 0.2) is 0 Å². The Kier molecular flexibility index (Phi) is 8.82. The van der Waals surface area contributed by atoms with E-state index in [9.17, 15) is 10.2 Å². The number of aliphatic hydroxyl groups excluding tert-OH is 2. The number of rotatable bonds is 9. The summed E-state index contributed by atoms with van der Waals surface area (Å²) in [4.78, 5) is 4.16. The van der Waals surface area contributed by atoms with Crippen molar-refractivity contribution in [2.45, 2.75) is 98.0 Å². The molecule has 6 aromatic rings. The molecule has 2 N–H and O–H groups in total. The molecule has 2 aromatic carbocycles. The molecule has 4 aromatic heterocycles. The topological polar surface area (TPSA) is 133 Å². The van der Waals surface area contributed by atoms with Crippen LogP contribution in [0.4, 0.5) is 4.39 Å². The van der Waals surface area contributed by atoms with Crippen LogP contribution in [0.25, 0.3) is 22.3 Å². The van der Waals surface area contributed by atoms with Crippen LogP contribution in [0.15, 0.2) is 79.4 Å². The van der Waals surface area contributed by atoms with E-state index in [2.05, 4.69) is 50.4 Å². The second kappa shape index (κ2) is 13.6. The number of aryl methyl sites for hydroxylation is 1. The molecule has 0 spiro atoms. The van der Waals surface area contributed by atoms with Gasteiger partial charge in [-0.1, -0.05) is 42.5 Å². The molecule has 0 saturated heterocycles. The van der Waals surface area contributed by atoms with Gasteiger partial charge >= 0.3 is 0 Å². The van der Waals surface area contributed by atoms with Crippen LogP contribution in [0.2, 0.25) is 0 Å². The Morgan fingerprint density at radius 1 is 0.702 bits per heavy atom. The molecule has 4 aliphatic rings. The van der Waals surface area contributed by atoms with Gasteiger partial charge in [-0.15, -0.1) is 20.4 Å². The first kappa shape index (κ1) is 36.9. The Balaban J connectivity index is 0.869. The summed E-state index contributed by atoms with van der Waals surface area (Å²) in [5.74, 6) is 4.69. The highest BCUT2D eigenvalue weighted by atomic mass is 32.2. The minimum absolute atomic E-state index is 0.169. The summed E-state index contributed by atoms with van der Waals surface area (Å²) in [6.45, 7) is 5.51. The molecule has 2 saturated carbocycles. The van der Waals surface area contributed by atoms with Gasteiger partial charge in [0.05, 0.1) is 29.2 Å². The maximum absolute atomic E-state index is 15.5. The first-order valence-electron chi connectivity index (χ1n) is 19.8. The van der Waals surface area contributed by atoms with Crippen LogP contribution in [0.3, 0.4) is 0 Å². The molecule has 6 heterocycles. The number of hydrogen-bond acceptors (Lipinski definition) is 10. The molecule has 57 heavy (non-hydrogen) atoms. The highest BCUT2D eigenvalue weighted by molar-refractivity contribution is 8.01. The molecule has 2 fully saturated rings. The third kappa shape index (κ3) is 6.16. The minimum Gasteiger partial charge on any atom is -0.389 e. The van der Waals surface area contributed by atoms with Crippen molar-refractivity contribution in [3.8, 4) is 22.3 Å². The largest absolute Gasteiger partial charge is 0.389 e. The molecule has 2 aliphatic carbocycles. The SMILES string of the molecule is Cn1cc(-c2ccc(C3(c4nnc5n4CCSC(C)(C(O)C(O)C4(C)Cc6nnc(C7(c8ccc(-c9cccnc9)c(F)c8)CC7)n6CCS4)C5)CC3)cc2)cn1. The standard InChI is InChI=1S/C43H46FN9O2S2/c1-40(22-34-47-49-38(52(34)17-19-56-40)42(12-13-42)30-8-6-27(7-9-30)29-25-46-51(3)26-29)36(54)37(55)41(2)23-35-48-50-39(53(35)18-20-57-41)43(14-15-43)31-10-11-32(33(44)21-31)28-5-4-16-45-24-28/h4-11,16,21,24-26,36-37,54-55H,12-15,17-20,22-23H2,1-3H3. The lowest BCUT2D eigenvalue weighted by atomic mass is 9.86. The van der Waals surface area contributed by atoms with Crippen molar-refractivity contribution in [1.29, 1.82) is 0 Å². The predicted octanol–water partition coefficient (Wildman–Crippen LogP) is 6.15. The number of nitrogens with zero attached hydrogens (tertiary/aromatic N) is 9. The van der Waals surface area contributed by atoms with Crippen LogP contribution in [0.5, 0.6) is 0 Å². The summed E-state index contributed by atoms with van der Waals surface area (Å²) in [5.41, 5.74) is 5.08. The fraction of sp³-hybridized carbons (Fsp3) is 0.442. The number of hydrogen-bond donors (Lipinski definition) is 2. The molecule has 0 bridgehead atoms. The number of aliphatic hydroxyl groups is 2. The van der Waals surface area contributed by atoms with E-state index >= 15 is 4.39 Å². The molecule has 294 valence electrons. The van der Waals surface area contributed by atoms with Crippen molar-refractivity contribution in [3.05, 3.63) is 120 Å². The highest BCUT2D eigenvalue weighted by Gasteiger charge is 2.54. The third-order valence-corrected chi connectivity index (χ3v) is 15.9. The van der Waals surface area contributed by atoms with E-state index in [4.69, 9.17) is 20.4 Å². The summed E-state index contributed by atoms with van der Waals surface area (Å²) in [6.07, 6.45) is 9.88. The maximum atomic E-state index is 15.5. The Bertz CT molecular complexity index is 2460. The number of thioether (sulfide) groups is 2.